The fourth-order valence-electron chi connectivity index (χ4n) is 3.26. The molecule has 2 aromatic carbocycles. The Morgan fingerprint density at radius 2 is 1.72 bits per heavy atom. The molecule has 1 fully saturated rings. The molecule has 1 heterocycles. The van der Waals surface area contributed by atoms with Crippen LogP contribution in [-0.4, -0.2) is 35.0 Å². The molecule has 0 spiro atoms. The molecule has 1 N–H and O–H groups in total. The zero-order valence-electron chi connectivity index (χ0n) is 13.8. The van der Waals surface area contributed by atoms with Gasteiger partial charge in [-0.1, -0.05) is 48.0 Å². The summed E-state index contributed by atoms with van der Waals surface area (Å²) < 4.78 is 0. The van der Waals surface area contributed by atoms with Gasteiger partial charge >= 0.3 is 5.97 Å². The molecule has 0 aromatic heterocycles. The summed E-state index contributed by atoms with van der Waals surface area (Å²) in [5, 5.41) is 9.34. The number of halogens is 1. The van der Waals surface area contributed by atoms with Crippen molar-refractivity contribution in [1.29, 1.82) is 0 Å². The molecule has 1 amide bonds. The third kappa shape index (κ3) is 4.20. The number of hydrogen-bond donors (Lipinski definition) is 1. The third-order valence-electron chi connectivity index (χ3n) is 4.67. The molecular formula is C20H20ClNO3. The van der Waals surface area contributed by atoms with Gasteiger partial charge in [-0.3, -0.25) is 9.59 Å². The van der Waals surface area contributed by atoms with E-state index in [2.05, 4.69) is 0 Å². The van der Waals surface area contributed by atoms with Crippen LogP contribution in [0.25, 0.3) is 11.1 Å². The van der Waals surface area contributed by atoms with Gasteiger partial charge in [-0.15, -0.1) is 0 Å². The molecule has 0 radical (unpaired) electrons. The lowest BCUT2D eigenvalue weighted by molar-refractivity contribution is -0.138. The minimum atomic E-state index is -0.775. The number of carboxylic acid groups (broad SMARTS) is 1. The number of likely N-dealkylation sites (tertiary alicyclic amines) is 1. The molecule has 0 bridgehead atoms. The van der Waals surface area contributed by atoms with Gasteiger partial charge in [0.05, 0.1) is 10.6 Å². The van der Waals surface area contributed by atoms with Crippen LogP contribution in [0.1, 0.15) is 29.6 Å². The molecule has 25 heavy (non-hydrogen) atoms. The standard InChI is InChI=1S/C20H20ClNO3/c21-18-7-6-16(15-4-2-1-3-5-15)13-17(18)20(25)22-10-8-14(9-11-22)12-19(23)24/h1-7,13-14H,8-12H2,(H,23,24). The van der Waals surface area contributed by atoms with Crippen molar-refractivity contribution in [2.75, 3.05) is 13.1 Å². The average Bonchev–Trinajstić information content (AvgIpc) is 2.62. The van der Waals surface area contributed by atoms with Gasteiger partial charge in [-0.2, -0.15) is 0 Å². The van der Waals surface area contributed by atoms with Crippen LogP contribution in [0, 0.1) is 5.92 Å². The smallest absolute Gasteiger partial charge is 0.303 e. The van der Waals surface area contributed by atoms with Crippen LogP contribution in [-0.2, 0) is 4.79 Å². The predicted molar refractivity (Wildman–Crippen MR) is 97.8 cm³/mol. The van der Waals surface area contributed by atoms with Gasteiger partial charge in [-0.05, 0) is 42.0 Å². The van der Waals surface area contributed by atoms with Gasteiger partial charge in [0, 0.05) is 19.5 Å². The highest BCUT2D eigenvalue weighted by atomic mass is 35.5. The third-order valence-corrected chi connectivity index (χ3v) is 5.00. The van der Waals surface area contributed by atoms with E-state index in [0.717, 1.165) is 11.1 Å². The molecule has 130 valence electrons. The quantitative estimate of drug-likeness (QED) is 0.885. The fraction of sp³-hybridized carbons (Fsp3) is 0.300. The summed E-state index contributed by atoms with van der Waals surface area (Å²) in [6, 6.07) is 15.4. The Hall–Kier alpha value is -2.33. The average molecular weight is 358 g/mol. The van der Waals surface area contributed by atoms with E-state index >= 15 is 0 Å². The Morgan fingerprint density at radius 1 is 1.04 bits per heavy atom. The van der Waals surface area contributed by atoms with Crippen LogP contribution >= 0.6 is 11.6 Å². The van der Waals surface area contributed by atoms with E-state index in [1.165, 1.54) is 0 Å². The van der Waals surface area contributed by atoms with Crippen LogP contribution in [0.15, 0.2) is 48.5 Å². The molecular weight excluding hydrogens is 338 g/mol. The maximum Gasteiger partial charge on any atom is 0.303 e. The summed E-state index contributed by atoms with van der Waals surface area (Å²) in [6.07, 6.45) is 1.61. The SMILES string of the molecule is O=C(O)CC1CCN(C(=O)c2cc(-c3ccccc3)ccc2Cl)CC1. The number of carbonyl (C=O) groups excluding carboxylic acids is 1. The summed E-state index contributed by atoms with van der Waals surface area (Å²) in [7, 11) is 0. The highest BCUT2D eigenvalue weighted by Gasteiger charge is 2.26. The van der Waals surface area contributed by atoms with Crippen molar-refractivity contribution in [3.8, 4) is 11.1 Å². The molecule has 5 heteroatoms. The van der Waals surface area contributed by atoms with Crippen LogP contribution in [0.5, 0.6) is 0 Å². The monoisotopic (exact) mass is 357 g/mol. The summed E-state index contributed by atoms with van der Waals surface area (Å²) in [6.45, 7) is 1.14. The summed E-state index contributed by atoms with van der Waals surface area (Å²) in [5.74, 6) is -0.715. The number of rotatable bonds is 4. The first-order valence-corrected chi connectivity index (χ1v) is 8.78. The van der Waals surface area contributed by atoms with Crippen molar-refractivity contribution < 1.29 is 14.7 Å². The van der Waals surface area contributed by atoms with E-state index in [9.17, 15) is 9.59 Å². The van der Waals surface area contributed by atoms with Crippen LogP contribution in [0.3, 0.4) is 0 Å². The number of nitrogens with zero attached hydrogens (tertiary/aromatic N) is 1. The van der Waals surface area contributed by atoms with Crippen molar-refractivity contribution in [3.05, 3.63) is 59.1 Å². The van der Waals surface area contributed by atoms with E-state index in [1.54, 1.807) is 11.0 Å². The first-order valence-electron chi connectivity index (χ1n) is 8.40. The Bertz CT molecular complexity index is 768. The molecule has 1 aliphatic rings. The van der Waals surface area contributed by atoms with Gasteiger partial charge in [0.25, 0.3) is 5.91 Å². The molecule has 1 saturated heterocycles. The molecule has 0 unspecified atom stereocenters. The molecule has 3 rings (SSSR count). The first-order chi connectivity index (χ1) is 12.0. The lowest BCUT2D eigenvalue weighted by Crippen LogP contribution is -2.39. The number of piperidine rings is 1. The highest BCUT2D eigenvalue weighted by Crippen LogP contribution is 2.28. The molecule has 4 nitrogen and oxygen atoms in total. The second-order valence-corrected chi connectivity index (χ2v) is 6.80. The Kier molecular flexibility index (Phi) is 5.39. The van der Waals surface area contributed by atoms with Crippen molar-refractivity contribution >= 4 is 23.5 Å². The number of hydrogen-bond acceptors (Lipinski definition) is 2. The summed E-state index contributed by atoms with van der Waals surface area (Å²) in [5.41, 5.74) is 2.49. The predicted octanol–water partition coefficient (Wildman–Crippen LogP) is 4.33. The number of benzene rings is 2. The van der Waals surface area contributed by atoms with E-state index in [-0.39, 0.29) is 18.2 Å². The van der Waals surface area contributed by atoms with E-state index in [4.69, 9.17) is 16.7 Å². The van der Waals surface area contributed by atoms with Gasteiger partial charge in [-0.25, -0.2) is 0 Å². The zero-order chi connectivity index (χ0) is 17.8. The molecule has 0 atom stereocenters. The van der Waals surface area contributed by atoms with Gasteiger partial charge in [0.1, 0.15) is 0 Å². The van der Waals surface area contributed by atoms with E-state index in [1.807, 2.05) is 42.5 Å². The minimum Gasteiger partial charge on any atom is -0.481 e. The van der Waals surface area contributed by atoms with E-state index < -0.39 is 5.97 Å². The zero-order valence-corrected chi connectivity index (χ0v) is 14.6. The van der Waals surface area contributed by atoms with Gasteiger partial charge in [0.2, 0.25) is 0 Å². The Morgan fingerprint density at radius 3 is 2.36 bits per heavy atom. The molecule has 1 aliphatic heterocycles. The topological polar surface area (TPSA) is 57.6 Å². The summed E-state index contributed by atoms with van der Waals surface area (Å²) >= 11 is 6.27. The van der Waals surface area contributed by atoms with Crippen molar-refractivity contribution in [1.82, 2.24) is 4.90 Å². The van der Waals surface area contributed by atoms with Gasteiger partial charge < -0.3 is 10.0 Å². The largest absolute Gasteiger partial charge is 0.481 e. The molecule has 0 saturated carbocycles. The number of amides is 1. The van der Waals surface area contributed by atoms with Crippen LogP contribution in [0.2, 0.25) is 5.02 Å². The van der Waals surface area contributed by atoms with Crippen molar-refractivity contribution in [3.63, 3.8) is 0 Å². The second-order valence-electron chi connectivity index (χ2n) is 6.39. The maximum atomic E-state index is 12.9. The molecule has 0 aliphatic carbocycles. The lowest BCUT2D eigenvalue weighted by Gasteiger charge is -2.31. The molecule has 2 aromatic rings. The van der Waals surface area contributed by atoms with E-state index in [0.29, 0.717) is 36.5 Å². The normalized spacial score (nSPS) is 15.2. The summed E-state index contributed by atoms with van der Waals surface area (Å²) in [4.78, 5) is 25.5. The number of carbonyl (C=O) groups is 2. The highest BCUT2D eigenvalue weighted by molar-refractivity contribution is 6.34. The maximum absolute atomic E-state index is 12.9. The van der Waals surface area contributed by atoms with Crippen molar-refractivity contribution in [2.45, 2.75) is 19.3 Å². The van der Waals surface area contributed by atoms with Gasteiger partial charge in [0.15, 0.2) is 0 Å². The van der Waals surface area contributed by atoms with Crippen LogP contribution in [0.4, 0.5) is 0 Å². The number of aliphatic carboxylic acids is 1. The first kappa shape index (κ1) is 17.5. The Balaban J connectivity index is 1.75. The minimum absolute atomic E-state index is 0.0865. The lowest BCUT2D eigenvalue weighted by atomic mass is 9.93. The Labute approximate surface area is 152 Å². The second kappa shape index (κ2) is 7.70. The van der Waals surface area contributed by atoms with Crippen LogP contribution < -0.4 is 0 Å². The van der Waals surface area contributed by atoms with Crippen molar-refractivity contribution in [2.24, 2.45) is 5.92 Å². The number of carboxylic acids is 1. The fourth-order valence-corrected chi connectivity index (χ4v) is 3.46.